The maximum Gasteiger partial charge on any atom is 0.229 e. The van der Waals surface area contributed by atoms with Gasteiger partial charge in [0, 0.05) is 36.8 Å². The smallest absolute Gasteiger partial charge is 0.229 e. The highest BCUT2D eigenvalue weighted by atomic mass is 35.5. The van der Waals surface area contributed by atoms with Gasteiger partial charge in [-0.3, -0.25) is 0 Å². The first-order valence-corrected chi connectivity index (χ1v) is 8.39. The number of piperazine rings is 1. The Morgan fingerprint density at radius 1 is 1.26 bits per heavy atom. The van der Waals surface area contributed by atoms with Gasteiger partial charge < -0.3 is 10.2 Å². The molecule has 6 nitrogen and oxygen atoms in total. The lowest BCUT2D eigenvalue weighted by atomic mass is 10.0. The molecule has 0 amide bonds. The Hall–Kier alpha value is -1.92. The third kappa shape index (κ3) is 2.52. The monoisotopic (exact) mass is 330 g/mol. The van der Waals surface area contributed by atoms with Crippen LogP contribution in [0.3, 0.4) is 0 Å². The predicted octanol–water partition coefficient (Wildman–Crippen LogP) is 3.05. The van der Waals surface area contributed by atoms with E-state index in [1.807, 2.05) is 23.2 Å². The Morgan fingerprint density at radius 3 is 2.87 bits per heavy atom. The first kappa shape index (κ1) is 14.7. The van der Waals surface area contributed by atoms with Crippen molar-refractivity contribution in [2.24, 2.45) is 15.3 Å². The zero-order valence-electron chi connectivity index (χ0n) is 13.1. The number of rotatable bonds is 1. The molecule has 0 bridgehead atoms. The molecule has 0 aliphatic carbocycles. The zero-order valence-corrected chi connectivity index (χ0v) is 13.8. The fourth-order valence-electron chi connectivity index (χ4n) is 3.19. The first-order valence-electron chi connectivity index (χ1n) is 8.02. The van der Waals surface area contributed by atoms with Crippen molar-refractivity contribution in [1.82, 2.24) is 15.2 Å². The van der Waals surface area contributed by atoms with Gasteiger partial charge in [0.05, 0.1) is 17.9 Å². The van der Waals surface area contributed by atoms with Gasteiger partial charge in [-0.25, -0.2) is 4.99 Å². The molecular weight excluding hydrogens is 312 g/mol. The lowest BCUT2D eigenvalue weighted by molar-refractivity contribution is 0.316. The summed E-state index contributed by atoms with van der Waals surface area (Å²) in [5, 5.41) is 14.7. The van der Waals surface area contributed by atoms with Crippen molar-refractivity contribution in [2.45, 2.75) is 13.3 Å². The first-order chi connectivity index (χ1) is 11.3. The average molecular weight is 331 g/mol. The second-order valence-corrected chi connectivity index (χ2v) is 6.25. The van der Waals surface area contributed by atoms with Crippen LogP contribution in [0.5, 0.6) is 0 Å². The molecule has 1 fully saturated rings. The molecule has 3 aliphatic heterocycles. The fourth-order valence-corrected chi connectivity index (χ4v) is 3.37. The number of nitrogens with zero attached hydrogens (tertiary/aromatic N) is 5. The average Bonchev–Trinajstić information content (AvgIpc) is 2.61. The molecule has 3 heterocycles. The second-order valence-electron chi connectivity index (χ2n) is 5.82. The summed E-state index contributed by atoms with van der Waals surface area (Å²) < 4.78 is 0. The number of benzene rings is 1. The van der Waals surface area contributed by atoms with E-state index in [0.29, 0.717) is 6.54 Å². The van der Waals surface area contributed by atoms with Crippen molar-refractivity contribution in [2.75, 3.05) is 32.7 Å². The molecule has 4 rings (SSSR count). The number of guanidine groups is 1. The minimum absolute atomic E-state index is 0.642. The van der Waals surface area contributed by atoms with E-state index >= 15 is 0 Å². The predicted molar refractivity (Wildman–Crippen MR) is 91.8 cm³/mol. The van der Waals surface area contributed by atoms with E-state index < -0.39 is 0 Å². The molecule has 23 heavy (non-hydrogen) atoms. The number of fused-ring (bicyclic) bond motifs is 3. The molecule has 7 heteroatoms. The highest BCUT2D eigenvalue weighted by molar-refractivity contribution is 6.31. The van der Waals surface area contributed by atoms with Crippen LogP contribution in [0.4, 0.5) is 5.69 Å². The SMILES string of the molecule is CCC1=C2c3cc(Cl)ccc3N=C(N3CCNCC3)N2N=NC1. The van der Waals surface area contributed by atoms with Crippen molar-refractivity contribution in [3.05, 3.63) is 34.4 Å². The molecule has 1 N–H and O–H groups in total. The summed E-state index contributed by atoms with van der Waals surface area (Å²) in [6.45, 7) is 6.55. The van der Waals surface area contributed by atoms with Gasteiger partial charge in [0.15, 0.2) is 0 Å². The van der Waals surface area contributed by atoms with Gasteiger partial charge in [0.25, 0.3) is 0 Å². The summed E-state index contributed by atoms with van der Waals surface area (Å²) in [5.41, 5.74) is 4.37. The number of halogens is 1. The molecule has 0 radical (unpaired) electrons. The maximum absolute atomic E-state index is 6.22. The molecule has 0 spiro atoms. The van der Waals surface area contributed by atoms with Crippen LogP contribution in [0, 0.1) is 0 Å². The van der Waals surface area contributed by atoms with E-state index in [-0.39, 0.29) is 0 Å². The molecule has 3 aliphatic rings. The van der Waals surface area contributed by atoms with Gasteiger partial charge >= 0.3 is 0 Å². The van der Waals surface area contributed by atoms with Crippen molar-refractivity contribution >= 4 is 28.9 Å². The van der Waals surface area contributed by atoms with Crippen molar-refractivity contribution in [1.29, 1.82) is 0 Å². The number of hydrogen-bond acceptors (Lipinski definition) is 6. The van der Waals surface area contributed by atoms with E-state index in [4.69, 9.17) is 16.6 Å². The molecular formula is C16H19ClN6. The van der Waals surface area contributed by atoms with Crippen molar-refractivity contribution < 1.29 is 0 Å². The lowest BCUT2D eigenvalue weighted by Gasteiger charge is -2.38. The Balaban J connectivity index is 1.87. The standard InChI is InChI=1S/C16H19ClN6/c1-2-11-10-19-21-23-15(11)13-9-12(17)3-4-14(13)20-16(23)22-7-5-18-6-8-22/h3-4,9,18H,2,5-8,10H2,1H3. The minimum atomic E-state index is 0.642. The van der Waals surface area contributed by atoms with Crippen LogP contribution in [-0.4, -0.2) is 48.6 Å². The molecule has 0 unspecified atom stereocenters. The summed E-state index contributed by atoms with van der Waals surface area (Å²) in [5.74, 6) is 0.866. The van der Waals surface area contributed by atoms with Gasteiger partial charge in [-0.1, -0.05) is 23.7 Å². The van der Waals surface area contributed by atoms with E-state index in [2.05, 4.69) is 27.5 Å². The van der Waals surface area contributed by atoms with Gasteiger partial charge in [0.2, 0.25) is 5.96 Å². The van der Waals surface area contributed by atoms with Crippen LogP contribution in [0.25, 0.3) is 5.70 Å². The second kappa shape index (κ2) is 5.94. The Bertz CT molecular complexity index is 717. The summed E-state index contributed by atoms with van der Waals surface area (Å²) in [6, 6.07) is 5.86. The Labute approximate surface area is 140 Å². The van der Waals surface area contributed by atoms with Crippen LogP contribution in [0.15, 0.2) is 39.1 Å². The highest BCUT2D eigenvalue weighted by Crippen LogP contribution is 2.40. The number of nitrogens with one attached hydrogen (secondary N) is 1. The van der Waals surface area contributed by atoms with E-state index in [1.54, 1.807) is 0 Å². The summed E-state index contributed by atoms with van der Waals surface area (Å²) in [4.78, 5) is 7.13. The molecule has 1 saturated heterocycles. The van der Waals surface area contributed by atoms with Gasteiger partial charge in [-0.15, -0.1) is 0 Å². The summed E-state index contributed by atoms with van der Waals surface area (Å²) in [7, 11) is 0. The normalized spacial score (nSPS) is 20.3. The third-order valence-electron chi connectivity index (χ3n) is 4.41. The van der Waals surface area contributed by atoms with Gasteiger partial charge in [-0.05, 0) is 30.2 Å². The number of hydrogen-bond donors (Lipinski definition) is 1. The summed E-state index contributed by atoms with van der Waals surface area (Å²) in [6.07, 6.45) is 0.936. The van der Waals surface area contributed by atoms with E-state index in [9.17, 15) is 0 Å². The summed E-state index contributed by atoms with van der Waals surface area (Å²) >= 11 is 6.22. The van der Waals surface area contributed by atoms with Crippen molar-refractivity contribution in [3.63, 3.8) is 0 Å². The molecule has 1 aromatic rings. The largest absolute Gasteiger partial charge is 0.338 e. The highest BCUT2D eigenvalue weighted by Gasteiger charge is 2.33. The molecule has 1 aromatic carbocycles. The van der Waals surface area contributed by atoms with Gasteiger partial charge in [0.1, 0.15) is 0 Å². The van der Waals surface area contributed by atoms with Crippen LogP contribution < -0.4 is 5.32 Å². The van der Waals surface area contributed by atoms with Crippen LogP contribution in [0.2, 0.25) is 5.02 Å². The topological polar surface area (TPSA) is 55.6 Å². The molecule has 0 atom stereocenters. The number of aliphatic imine (C=N–C) groups is 1. The van der Waals surface area contributed by atoms with Crippen LogP contribution in [0.1, 0.15) is 18.9 Å². The lowest BCUT2D eigenvalue weighted by Crippen LogP contribution is -2.51. The van der Waals surface area contributed by atoms with Crippen molar-refractivity contribution in [3.8, 4) is 0 Å². The van der Waals surface area contributed by atoms with Crippen LogP contribution in [-0.2, 0) is 0 Å². The zero-order chi connectivity index (χ0) is 15.8. The van der Waals surface area contributed by atoms with Gasteiger partial charge in [-0.2, -0.15) is 10.1 Å². The Kier molecular flexibility index (Phi) is 3.79. The molecule has 0 saturated carbocycles. The molecule has 120 valence electrons. The maximum atomic E-state index is 6.22. The van der Waals surface area contributed by atoms with E-state index in [1.165, 1.54) is 5.57 Å². The van der Waals surface area contributed by atoms with Crippen LogP contribution >= 0.6 is 11.6 Å². The molecule has 0 aromatic heterocycles. The Morgan fingerprint density at radius 2 is 2.09 bits per heavy atom. The minimum Gasteiger partial charge on any atom is -0.338 e. The third-order valence-corrected chi connectivity index (χ3v) is 4.65. The fraction of sp³-hybridized carbons (Fsp3) is 0.438. The quantitative estimate of drug-likeness (QED) is 0.861. The van der Waals surface area contributed by atoms with E-state index in [0.717, 1.165) is 60.5 Å².